The van der Waals surface area contributed by atoms with Crippen molar-refractivity contribution in [1.82, 2.24) is 0 Å². The normalized spacial score (nSPS) is 12.9. The fourth-order valence-corrected chi connectivity index (χ4v) is 1.59. The first-order valence-corrected chi connectivity index (χ1v) is 8.72. The van der Waals surface area contributed by atoms with E-state index in [1.165, 1.54) is 6.92 Å². The number of rotatable bonds is 9. The maximum absolute atomic E-state index is 10.4. The van der Waals surface area contributed by atoms with Crippen molar-refractivity contribution in [2.75, 3.05) is 6.54 Å². The highest BCUT2D eigenvalue weighted by molar-refractivity contribution is 5.73. The molecule has 0 aliphatic rings. The van der Waals surface area contributed by atoms with E-state index in [0.29, 0.717) is 19.4 Å². The Morgan fingerprint density at radius 3 is 1.68 bits per heavy atom. The predicted octanol–water partition coefficient (Wildman–Crippen LogP) is -0.413. The predicted molar refractivity (Wildman–Crippen MR) is 106 cm³/mol. The van der Waals surface area contributed by atoms with Crippen molar-refractivity contribution < 1.29 is 29.7 Å². The number of hydrogen-bond acceptors (Lipinski definition) is 7. The molecule has 1 aromatic carbocycles. The van der Waals surface area contributed by atoms with E-state index in [1.807, 2.05) is 30.3 Å². The van der Waals surface area contributed by atoms with Crippen molar-refractivity contribution in [2.45, 2.75) is 50.7 Å². The van der Waals surface area contributed by atoms with Crippen LogP contribution in [0.1, 0.15) is 31.7 Å². The second kappa shape index (κ2) is 16.6. The molecule has 0 amide bonds. The molecule has 10 nitrogen and oxygen atoms in total. The first kappa shape index (κ1) is 27.7. The van der Waals surface area contributed by atoms with E-state index in [1.54, 1.807) is 0 Å². The van der Waals surface area contributed by atoms with E-state index in [2.05, 4.69) is 0 Å². The molecule has 28 heavy (non-hydrogen) atoms. The number of unbranched alkanes of at least 4 members (excludes halogenated alkanes) is 1. The molecule has 0 saturated heterocycles. The van der Waals surface area contributed by atoms with E-state index in [-0.39, 0.29) is 0 Å². The minimum absolute atomic E-state index is 0.385. The highest BCUT2D eigenvalue weighted by Gasteiger charge is 2.11. The maximum atomic E-state index is 10.4. The van der Waals surface area contributed by atoms with Gasteiger partial charge >= 0.3 is 17.9 Å². The van der Waals surface area contributed by atoms with Crippen molar-refractivity contribution in [3.8, 4) is 0 Å². The third-order valence-electron chi connectivity index (χ3n) is 3.29. The van der Waals surface area contributed by atoms with Gasteiger partial charge in [-0.05, 0) is 38.3 Å². The summed E-state index contributed by atoms with van der Waals surface area (Å²) in [5, 5.41) is 24.7. The summed E-state index contributed by atoms with van der Waals surface area (Å²) in [4.78, 5) is 30.1. The van der Waals surface area contributed by atoms with E-state index in [4.69, 9.17) is 38.3 Å². The van der Waals surface area contributed by atoms with Gasteiger partial charge in [0.15, 0.2) is 0 Å². The molecule has 0 heterocycles. The van der Waals surface area contributed by atoms with Gasteiger partial charge in [-0.1, -0.05) is 36.8 Å². The number of carboxylic acids is 3. The fourth-order valence-electron chi connectivity index (χ4n) is 1.59. The van der Waals surface area contributed by atoms with Crippen molar-refractivity contribution in [3.63, 3.8) is 0 Å². The molecular formula is C18H32N4O6. The molecule has 0 radical (unpaired) electrons. The monoisotopic (exact) mass is 400 g/mol. The van der Waals surface area contributed by atoms with Crippen LogP contribution in [0.4, 0.5) is 0 Å². The number of benzene rings is 1. The van der Waals surface area contributed by atoms with Crippen LogP contribution in [-0.4, -0.2) is 57.9 Å². The molecule has 0 aliphatic heterocycles. The minimum atomic E-state index is -0.963. The van der Waals surface area contributed by atoms with Gasteiger partial charge in [0.05, 0.1) is 0 Å². The van der Waals surface area contributed by atoms with Gasteiger partial charge in [0.25, 0.3) is 0 Å². The molecule has 1 aromatic rings. The van der Waals surface area contributed by atoms with Crippen molar-refractivity contribution in [3.05, 3.63) is 35.9 Å². The van der Waals surface area contributed by atoms with Gasteiger partial charge in [-0.25, -0.2) is 0 Å². The van der Waals surface area contributed by atoms with Gasteiger partial charge in [0.2, 0.25) is 0 Å². The molecular weight excluding hydrogens is 368 g/mol. The summed E-state index contributed by atoms with van der Waals surface area (Å²) < 4.78 is 0. The standard InChI is InChI=1S/C9H11NO2.C6H14N2O2.C3H7NO2/c10-8(9(11)12)6-7-4-2-1-3-5-7;7-4-2-1-3-5(8)6(9)10;1-2(4)3(5)6/h1-5,8H,6,10H2,(H,11,12);5H,1-4,7-8H2,(H,9,10);2H,4H2,1H3,(H,5,6). The molecule has 1 rings (SSSR count). The third-order valence-corrected chi connectivity index (χ3v) is 3.29. The zero-order chi connectivity index (χ0) is 22.1. The first-order valence-electron chi connectivity index (χ1n) is 8.72. The molecule has 3 unspecified atom stereocenters. The summed E-state index contributed by atoms with van der Waals surface area (Å²) in [6.45, 7) is 2.02. The average molecular weight is 400 g/mol. The minimum Gasteiger partial charge on any atom is -0.480 e. The number of nitrogens with two attached hydrogens (primary N) is 4. The Balaban J connectivity index is 0. The molecule has 0 fully saturated rings. The summed E-state index contributed by atoms with van der Waals surface area (Å²) in [7, 11) is 0. The largest absolute Gasteiger partial charge is 0.480 e. The lowest BCUT2D eigenvalue weighted by Crippen LogP contribution is -2.32. The van der Waals surface area contributed by atoms with Crippen LogP contribution in [0.2, 0.25) is 0 Å². The molecule has 0 aliphatic carbocycles. The summed E-state index contributed by atoms with van der Waals surface area (Å²) in [6, 6.07) is 7.10. The van der Waals surface area contributed by atoms with Crippen LogP contribution in [0.5, 0.6) is 0 Å². The Hall–Kier alpha value is -2.53. The lowest BCUT2D eigenvalue weighted by molar-refractivity contribution is -0.139. The van der Waals surface area contributed by atoms with Crippen molar-refractivity contribution in [1.29, 1.82) is 0 Å². The molecule has 0 aromatic heterocycles. The smallest absolute Gasteiger partial charge is 0.320 e. The fraction of sp³-hybridized carbons (Fsp3) is 0.500. The number of carbonyl (C=O) groups is 3. The van der Waals surface area contributed by atoms with Crippen LogP contribution in [0, 0.1) is 0 Å². The van der Waals surface area contributed by atoms with Gasteiger partial charge in [-0.3, -0.25) is 14.4 Å². The van der Waals surface area contributed by atoms with Crippen LogP contribution in [0.15, 0.2) is 30.3 Å². The molecule has 0 bridgehead atoms. The average Bonchev–Trinajstić information content (AvgIpc) is 2.63. The van der Waals surface area contributed by atoms with E-state index < -0.39 is 36.0 Å². The van der Waals surface area contributed by atoms with Gasteiger partial charge in [-0.2, -0.15) is 0 Å². The Bertz CT molecular complexity index is 568. The molecule has 0 saturated carbocycles. The van der Waals surface area contributed by atoms with E-state index in [0.717, 1.165) is 18.4 Å². The van der Waals surface area contributed by atoms with Crippen LogP contribution in [-0.2, 0) is 20.8 Å². The Kier molecular flexibility index (Phi) is 16.4. The first-order chi connectivity index (χ1) is 13.0. The molecule has 3 atom stereocenters. The van der Waals surface area contributed by atoms with Crippen molar-refractivity contribution in [2.24, 2.45) is 22.9 Å². The van der Waals surface area contributed by atoms with Gasteiger partial charge in [0, 0.05) is 0 Å². The van der Waals surface area contributed by atoms with Crippen LogP contribution in [0.3, 0.4) is 0 Å². The van der Waals surface area contributed by atoms with Gasteiger partial charge < -0.3 is 38.3 Å². The molecule has 11 N–H and O–H groups in total. The Morgan fingerprint density at radius 1 is 0.857 bits per heavy atom. The summed E-state index contributed by atoms with van der Waals surface area (Å²) in [6.07, 6.45) is 2.55. The van der Waals surface area contributed by atoms with Crippen LogP contribution in [0.25, 0.3) is 0 Å². The van der Waals surface area contributed by atoms with Gasteiger partial charge in [0.1, 0.15) is 18.1 Å². The number of hydrogen-bond donors (Lipinski definition) is 7. The lowest BCUT2D eigenvalue weighted by Gasteiger charge is -2.04. The SMILES string of the molecule is CC(N)C(=O)O.NC(Cc1ccccc1)C(=O)O.NCCCCC(N)C(=O)O. The summed E-state index contributed by atoms with van der Waals surface area (Å²) >= 11 is 0. The summed E-state index contributed by atoms with van der Waals surface area (Å²) in [5.74, 6) is -2.86. The maximum Gasteiger partial charge on any atom is 0.320 e. The third kappa shape index (κ3) is 16.9. The van der Waals surface area contributed by atoms with Crippen molar-refractivity contribution >= 4 is 17.9 Å². The second-order valence-corrected chi connectivity index (χ2v) is 5.99. The lowest BCUT2D eigenvalue weighted by atomic mass is 10.1. The second-order valence-electron chi connectivity index (χ2n) is 5.99. The number of carboxylic acid groups (broad SMARTS) is 3. The molecule has 10 heteroatoms. The quantitative estimate of drug-likeness (QED) is 0.266. The van der Waals surface area contributed by atoms with Crippen LogP contribution >= 0.6 is 0 Å². The van der Waals surface area contributed by atoms with Gasteiger partial charge in [-0.15, -0.1) is 0 Å². The molecule has 0 spiro atoms. The highest BCUT2D eigenvalue weighted by Crippen LogP contribution is 2.01. The highest BCUT2D eigenvalue weighted by atomic mass is 16.4. The van der Waals surface area contributed by atoms with E-state index in [9.17, 15) is 14.4 Å². The molecule has 160 valence electrons. The van der Waals surface area contributed by atoms with Crippen LogP contribution < -0.4 is 22.9 Å². The topological polar surface area (TPSA) is 216 Å². The number of aliphatic carboxylic acids is 3. The Morgan fingerprint density at radius 2 is 1.32 bits per heavy atom. The Labute approximate surface area is 164 Å². The van der Waals surface area contributed by atoms with E-state index >= 15 is 0 Å². The zero-order valence-corrected chi connectivity index (χ0v) is 16.0. The summed E-state index contributed by atoms with van der Waals surface area (Å²) in [5.41, 5.74) is 21.6. The zero-order valence-electron chi connectivity index (χ0n) is 16.0.